The van der Waals surface area contributed by atoms with Gasteiger partial charge in [-0.2, -0.15) is 0 Å². The SMILES string of the molecule is COC1CCC(C[C@H](N)C(=O)NC2CC2)CC1. The Balaban J connectivity index is 1.67. The molecule has 0 spiro atoms. The van der Waals surface area contributed by atoms with Gasteiger partial charge in [-0.3, -0.25) is 4.79 Å². The molecule has 0 heterocycles. The van der Waals surface area contributed by atoms with Crippen LogP contribution in [0, 0.1) is 5.92 Å². The van der Waals surface area contributed by atoms with E-state index >= 15 is 0 Å². The lowest BCUT2D eigenvalue weighted by Crippen LogP contribution is -2.43. The van der Waals surface area contributed by atoms with Crippen LogP contribution in [-0.2, 0) is 9.53 Å². The monoisotopic (exact) mass is 240 g/mol. The fourth-order valence-corrected chi connectivity index (χ4v) is 2.61. The first-order chi connectivity index (χ1) is 8.19. The summed E-state index contributed by atoms with van der Waals surface area (Å²) in [5, 5.41) is 2.97. The van der Waals surface area contributed by atoms with Gasteiger partial charge in [0, 0.05) is 13.2 Å². The lowest BCUT2D eigenvalue weighted by molar-refractivity contribution is -0.123. The molecule has 1 atom stereocenters. The second-order valence-electron chi connectivity index (χ2n) is 5.50. The molecule has 0 aliphatic heterocycles. The minimum absolute atomic E-state index is 0.0429. The van der Waals surface area contributed by atoms with Gasteiger partial charge < -0.3 is 15.8 Å². The maximum Gasteiger partial charge on any atom is 0.237 e. The van der Waals surface area contributed by atoms with E-state index in [1.165, 1.54) is 0 Å². The first kappa shape index (κ1) is 12.8. The summed E-state index contributed by atoms with van der Waals surface area (Å²) in [6, 6.07) is 0.0949. The van der Waals surface area contributed by atoms with Crippen molar-refractivity contribution in [2.24, 2.45) is 11.7 Å². The molecule has 1 amide bonds. The molecule has 2 rings (SSSR count). The summed E-state index contributed by atoms with van der Waals surface area (Å²) < 4.78 is 5.34. The molecule has 0 radical (unpaired) electrons. The van der Waals surface area contributed by atoms with Crippen LogP contribution < -0.4 is 11.1 Å². The van der Waals surface area contributed by atoms with Gasteiger partial charge in [0.05, 0.1) is 12.1 Å². The second kappa shape index (κ2) is 5.83. The van der Waals surface area contributed by atoms with Gasteiger partial charge in [0.15, 0.2) is 0 Å². The van der Waals surface area contributed by atoms with E-state index < -0.39 is 0 Å². The van der Waals surface area contributed by atoms with Crippen LogP contribution in [0.5, 0.6) is 0 Å². The molecular formula is C13H24N2O2. The third kappa shape index (κ3) is 3.96. The van der Waals surface area contributed by atoms with Crippen molar-refractivity contribution in [3.63, 3.8) is 0 Å². The molecule has 0 saturated heterocycles. The van der Waals surface area contributed by atoms with Gasteiger partial charge in [-0.1, -0.05) is 0 Å². The largest absolute Gasteiger partial charge is 0.381 e. The van der Waals surface area contributed by atoms with Crippen molar-refractivity contribution in [3.05, 3.63) is 0 Å². The third-order valence-corrected chi connectivity index (χ3v) is 3.97. The van der Waals surface area contributed by atoms with Crippen molar-refractivity contribution in [2.75, 3.05) is 7.11 Å². The molecule has 98 valence electrons. The van der Waals surface area contributed by atoms with Gasteiger partial charge in [0.25, 0.3) is 0 Å². The molecule has 0 aromatic rings. The number of rotatable bonds is 5. The minimum Gasteiger partial charge on any atom is -0.381 e. The Bertz CT molecular complexity index is 258. The Morgan fingerprint density at radius 2 is 1.94 bits per heavy atom. The summed E-state index contributed by atoms with van der Waals surface area (Å²) in [6.07, 6.45) is 7.99. The van der Waals surface area contributed by atoms with Crippen molar-refractivity contribution in [2.45, 2.75) is 63.1 Å². The van der Waals surface area contributed by atoms with Crippen molar-refractivity contribution in [1.82, 2.24) is 5.32 Å². The second-order valence-corrected chi connectivity index (χ2v) is 5.50. The molecule has 2 fully saturated rings. The maximum atomic E-state index is 11.7. The highest BCUT2D eigenvalue weighted by Gasteiger charge is 2.28. The van der Waals surface area contributed by atoms with Gasteiger partial charge in [-0.15, -0.1) is 0 Å². The molecular weight excluding hydrogens is 216 g/mol. The van der Waals surface area contributed by atoms with Crippen LogP contribution in [0.4, 0.5) is 0 Å². The number of nitrogens with one attached hydrogen (secondary N) is 1. The van der Waals surface area contributed by atoms with Gasteiger partial charge >= 0.3 is 0 Å². The number of carbonyl (C=O) groups is 1. The predicted molar refractivity (Wildman–Crippen MR) is 66.5 cm³/mol. The number of methoxy groups -OCH3 is 1. The first-order valence-corrected chi connectivity index (χ1v) is 6.77. The highest BCUT2D eigenvalue weighted by molar-refractivity contribution is 5.82. The summed E-state index contributed by atoms with van der Waals surface area (Å²) in [5.41, 5.74) is 5.95. The van der Waals surface area contributed by atoms with E-state index in [9.17, 15) is 4.79 Å². The van der Waals surface area contributed by atoms with Crippen LogP contribution in [0.2, 0.25) is 0 Å². The molecule has 2 aliphatic rings. The molecule has 3 N–H and O–H groups in total. The quantitative estimate of drug-likeness (QED) is 0.758. The molecule has 0 aromatic carbocycles. The van der Waals surface area contributed by atoms with Gasteiger partial charge in [-0.25, -0.2) is 0 Å². The van der Waals surface area contributed by atoms with Crippen molar-refractivity contribution in [1.29, 1.82) is 0 Å². The zero-order valence-electron chi connectivity index (χ0n) is 10.7. The normalized spacial score (nSPS) is 30.9. The van der Waals surface area contributed by atoms with E-state index in [4.69, 9.17) is 10.5 Å². The Kier molecular flexibility index (Phi) is 4.40. The number of amides is 1. The van der Waals surface area contributed by atoms with Crippen LogP contribution in [-0.4, -0.2) is 31.2 Å². The summed E-state index contributed by atoms with van der Waals surface area (Å²) in [5.74, 6) is 0.641. The molecule has 4 heteroatoms. The van der Waals surface area contributed by atoms with Gasteiger partial charge in [-0.05, 0) is 50.9 Å². The van der Waals surface area contributed by atoms with E-state index in [1.807, 2.05) is 0 Å². The molecule has 2 saturated carbocycles. The molecule has 0 aromatic heterocycles. The Labute approximate surface area is 103 Å². The topological polar surface area (TPSA) is 64.3 Å². The third-order valence-electron chi connectivity index (χ3n) is 3.97. The van der Waals surface area contributed by atoms with E-state index in [1.54, 1.807) is 7.11 Å². The van der Waals surface area contributed by atoms with Crippen LogP contribution >= 0.6 is 0 Å². The van der Waals surface area contributed by atoms with E-state index in [2.05, 4.69) is 5.32 Å². The fourth-order valence-electron chi connectivity index (χ4n) is 2.61. The predicted octanol–water partition coefficient (Wildman–Crippen LogP) is 1.19. The summed E-state index contributed by atoms with van der Waals surface area (Å²) in [7, 11) is 1.78. The number of nitrogens with two attached hydrogens (primary N) is 1. The highest BCUT2D eigenvalue weighted by atomic mass is 16.5. The van der Waals surface area contributed by atoms with Crippen LogP contribution in [0.25, 0.3) is 0 Å². The molecule has 0 bridgehead atoms. The number of hydrogen-bond acceptors (Lipinski definition) is 3. The van der Waals surface area contributed by atoms with Crippen molar-refractivity contribution >= 4 is 5.91 Å². The fraction of sp³-hybridized carbons (Fsp3) is 0.923. The Morgan fingerprint density at radius 1 is 1.29 bits per heavy atom. The first-order valence-electron chi connectivity index (χ1n) is 6.77. The Morgan fingerprint density at radius 3 is 2.47 bits per heavy atom. The van der Waals surface area contributed by atoms with Crippen LogP contribution in [0.15, 0.2) is 0 Å². The minimum atomic E-state index is -0.320. The molecule has 2 aliphatic carbocycles. The van der Waals surface area contributed by atoms with Crippen molar-refractivity contribution in [3.8, 4) is 0 Å². The van der Waals surface area contributed by atoms with Crippen LogP contribution in [0.1, 0.15) is 44.9 Å². The van der Waals surface area contributed by atoms with Gasteiger partial charge in [0.2, 0.25) is 5.91 Å². The van der Waals surface area contributed by atoms with Crippen molar-refractivity contribution < 1.29 is 9.53 Å². The Hall–Kier alpha value is -0.610. The molecule has 0 unspecified atom stereocenters. The molecule has 17 heavy (non-hydrogen) atoms. The smallest absolute Gasteiger partial charge is 0.237 e. The number of hydrogen-bond donors (Lipinski definition) is 2. The molecule has 4 nitrogen and oxygen atoms in total. The average molecular weight is 240 g/mol. The number of carbonyl (C=O) groups excluding carboxylic acids is 1. The van der Waals surface area contributed by atoms with E-state index in [0.29, 0.717) is 18.1 Å². The average Bonchev–Trinajstić information content (AvgIpc) is 3.14. The maximum absolute atomic E-state index is 11.7. The summed E-state index contributed by atoms with van der Waals surface area (Å²) >= 11 is 0. The standard InChI is InChI=1S/C13H24N2O2/c1-17-11-6-2-9(3-7-11)8-12(14)13(16)15-10-4-5-10/h9-12H,2-8,14H2,1H3,(H,15,16)/t9?,11?,12-/m0/s1. The lowest BCUT2D eigenvalue weighted by atomic mass is 9.83. The number of ether oxygens (including phenoxy) is 1. The summed E-state index contributed by atoms with van der Waals surface area (Å²) in [6.45, 7) is 0. The zero-order valence-corrected chi connectivity index (χ0v) is 10.7. The van der Waals surface area contributed by atoms with E-state index in [0.717, 1.165) is 44.9 Å². The summed E-state index contributed by atoms with van der Waals surface area (Å²) in [4.78, 5) is 11.7. The zero-order chi connectivity index (χ0) is 12.3. The van der Waals surface area contributed by atoms with Gasteiger partial charge in [0.1, 0.15) is 0 Å². The highest BCUT2D eigenvalue weighted by Crippen LogP contribution is 2.29. The van der Waals surface area contributed by atoms with Crippen LogP contribution in [0.3, 0.4) is 0 Å². The van der Waals surface area contributed by atoms with E-state index in [-0.39, 0.29) is 11.9 Å². The lowest BCUT2D eigenvalue weighted by Gasteiger charge is -2.28.